The first-order valence-corrected chi connectivity index (χ1v) is 17.9. The molecule has 0 saturated heterocycles. The Kier molecular flexibility index (Phi) is 12.5. The van der Waals surface area contributed by atoms with Gasteiger partial charge in [-0.15, -0.1) is 0 Å². The summed E-state index contributed by atoms with van der Waals surface area (Å²) >= 11 is 6.02. The summed E-state index contributed by atoms with van der Waals surface area (Å²) in [5.74, 6) is -3.37. The molecule has 14 nitrogen and oxygen atoms in total. The molecule has 0 bridgehead atoms. The zero-order valence-electron chi connectivity index (χ0n) is 29.8. The van der Waals surface area contributed by atoms with Gasteiger partial charge < -0.3 is 36.4 Å². The van der Waals surface area contributed by atoms with Crippen LogP contribution in [0.2, 0.25) is 5.02 Å². The van der Waals surface area contributed by atoms with Crippen molar-refractivity contribution < 1.29 is 42.2 Å². The second-order valence-electron chi connectivity index (χ2n) is 14.1. The highest BCUT2D eigenvalue weighted by molar-refractivity contribution is 6.35. The summed E-state index contributed by atoms with van der Waals surface area (Å²) in [5, 5.41) is 23.7. The molecule has 0 unspecified atom stereocenters. The number of amides is 3. The maximum absolute atomic E-state index is 13.0. The number of aliphatic carboxylic acids is 1. The molecular weight excluding hydrogens is 733 g/mol. The first-order chi connectivity index (χ1) is 25.5. The maximum atomic E-state index is 13.0. The van der Waals surface area contributed by atoms with Crippen molar-refractivity contribution in [3.63, 3.8) is 0 Å². The predicted octanol–water partition coefficient (Wildman–Crippen LogP) is 5.19. The van der Waals surface area contributed by atoms with Gasteiger partial charge in [-0.25, -0.2) is 4.79 Å². The Morgan fingerprint density at radius 3 is 2.24 bits per heavy atom. The molecule has 3 amide bonds. The van der Waals surface area contributed by atoms with Crippen LogP contribution in [0.1, 0.15) is 68.8 Å². The number of carboxylic acids is 1. The van der Waals surface area contributed by atoms with Gasteiger partial charge in [-0.2, -0.15) is 28.1 Å². The zero-order valence-corrected chi connectivity index (χ0v) is 30.6. The molecule has 2 aromatic carbocycles. The molecule has 1 heterocycles. The molecule has 0 spiro atoms. The van der Waals surface area contributed by atoms with Crippen molar-refractivity contribution in [2.24, 2.45) is 17.8 Å². The number of nitrogens with zero attached hydrogens (tertiary/aromatic N) is 3. The SMILES string of the molecule is CC(C)[C@@H]1CC[C@@H](C)C[C@H]1NC(=O)C(=O)NC[C@H](NC(=O)c1ccc(Nc2nc(NC3(c4ccc(Cl)cc4)CC3)nc(OCC(F)(F)F)n2)cc1)C(=O)O. The average Bonchev–Trinajstić information content (AvgIpc) is 3.89. The summed E-state index contributed by atoms with van der Waals surface area (Å²) < 4.78 is 43.7. The number of anilines is 3. The van der Waals surface area contributed by atoms with Gasteiger partial charge in [0.15, 0.2) is 6.61 Å². The summed E-state index contributed by atoms with van der Waals surface area (Å²) in [6, 6.07) is 10.4. The molecule has 54 heavy (non-hydrogen) atoms. The number of benzene rings is 2. The summed E-state index contributed by atoms with van der Waals surface area (Å²) in [4.78, 5) is 62.5. The smallest absolute Gasteiger partial charge is 0.422 e. The number of hydrogen-bond acceptors (Lipinski definition) is 10. The molecule has 5 rings (SSSR count). The van der Waals surface area contributed by atoms with E-state index in [0.717, 1.165) is 24.8 Å². The Balaban J connectivity index is 1.20. The monoisotopic (exact) mass is 774 g/mol. The van der Waals surface area contributed by atoms with Crippen molar-refractivity contribution in [1.29, 1.82) is 0 Å². The summed E-state index contributed by atoms with van der Waals surface area (Å²) in [5.41, 5.74) is 0.695. The highest BCUT2D eigenvalue weighted by Gasteiger charge is 2.45. The van der Waals surface area contributed by atoms with Gasteiger partial charge in [-0.05, 0) is 85.4 Å². The van der Waals surface area contributed by atoms with Crippen molar-refractivity contribution in [1.82, 2.24) is 30.9 Å². The van der Waals surface area contributed by atoms with Gasteiger partial charge in [0.05, 0.1) is 5.54 Å². The molecule has 18 heteroatoms. The second-order valence-corrected chi connectivity index (χ2v) is 14.5. The highest BCUT2D eigenvalue weighted by atomic mass is 35.5. The first-order valence-electron chi connectivity index (χ1n) is 17.5. The van der Waals surface area contributed by atoms with Crippen LogP contribution in [0.15, 0.2) is 48.5 Å². The Bertz CT molecular complexity index is 1830. The van der Waals surface area contributed by atoms with Crippen molar-refractivity contribution >= 4 is 52.9 Å². The average molecular weight is 775 g/mol. The normalized spacial score (nSPS) is 19.6. The van der Waals surface area contributed by atoms with E-state index in [1.165, 1.54) is 24.3 Å². The molecule has 0 radical (unpaired) electrons. The lowest BCUT2D eigenvalue weighted by molar-refractivity contribution is -0.154. The fourth-order valence-corrected chi connectivity index (χ4v) is 6.55. The van der Waals surface area contributed by atoms with E-state index in [9.17, 15) is 37.5 Å². The number of carboxylic acid groups (broad SMARTS) is 1. The van der Waals surface area contributed by atoms with Crippen LogP contribution in [0.3, 0.4) is 0 Å². The maximum Gasteiger partial charge on any atom is 0.422 e. The third kappa shape index (κ3) is 10.9. The van der Waals surface area contributed by atoms with Gasteiger partial charge in [0, 0.05) is 28.9 Å². The van der Waals surface area contributed by atoms with Gasteiger partial charge in [-0.3, -0.25) is 14.4 Å². The molecular formula is C36H42ClF3N8O6. The van der Waals surface area contributed by atoms with E-state index >= 15 is 0 Å². The molecule has 2 aliphatic rings. The Labute approximate surface area is 314 Å². The number of ether oxygens (including phenoxy) is 1. The number of alkyl halides is 3. The fourth-order valence-electron chi connectivity index (χ4n) is 6.43. The molecule has 6 N–H and O–H groups in total. The minimum atomic E-state index is -4.64. The van der Waals surface area contributed by atoms with E-state index in [-0.39, 0.29) is 29.4 Å². The van der Waals surface area contributed by atoms with Crippen LogP contribution >= 0.6 is 11.6 Å². The van der Waals surface area contributed by atoms with Gasteiger partial charge in [0.25, 0.3) is 5.91 Å². The lowest BCUT2D eigenvalue weighted by Crippen LogP contribution is -2.53. The van der Waals surface area contributed by atoms with E-state index in [1.807, 2.05) is 12.1 Å². The Morgan fingerprint density at radius 1 is 0.963 bits per heavy atom. The minimum Gasteiger partial charge on any atom is -0.480 e. The van der Waals surface area contributed by atoms with E-state index in [1.54, 1.807) is 12.1 Å². The lowest BCUT2D eigenvalue weighted by atomic mass is 9.74. The van der Waals surface area contributed by atoms with E-state index in [4.69, 9.17) is 16.3 Å². The van der Waals surface area contributed by atoms with Crippen molar-refractivity contribution in [3.05, 3.63) is 64.7 Å². The zero-order chi connectivity index (χ0) is 39.2. The van der Waals surface area contributed by atoms with Crippen LogP contribution in [0.4, 0.5) is 30.8 Å². The number of nitrogens with one attached hydrogen (secondary N) is 5. The van der Waals surface area contributed by atoms with Gasteiger partial charge in [0.2, 0.25) is 11.9 Å². The molecule has 2 aliphatic carbocycles. The Hall–Kier alpha value is -5.19. The number of halogens is 4. The van der Waals surface area contributed by atoms with Crippen LogP contribution in [-0.2, 0) is 19.9 Å². The van der Waals surface area contributed by atoms with Crippen LogP contribution in [-0.4, -0.2) is 75.2 Å². The second kappa shape index (κ2) is 16.9. The van der Waals surface area contributed by atoms with Crippen molar-refractivity contribution in [3.8, 4) is 6.01 Å². The number of rotatable bonds is 14. The van der Waals surface area contributed by atoms with Crippen molar-refractivity contribution in [2.45, 2.75) is 76.7 Å². The molecule has 2 fully saturated rings. The number of carbonyl (C=O) groups excluding carboxylic acids is 3. The van der Waals surface area contributed by atoms with Crippen molar-refractivity contribution in [2.75, 3.05) is 23.8 Å². The summed E-state index contributed by atoms with van der Waals surface area (Å²) in [6.07, 6.45) is -0.533. The highest BCUT2D eigenvalue weighted by Crippen LogP contribution is 2.48. The minimum absolute atomic E-state index is 0.0410. The number of aromatic nitrogens is 3. The van der Waals surface area contributed by atoms with Gasteiger partial charge in [0.1, 0.15) is 6.04 Å². The topological polar surface area (TPSA) is 197 Å². The fraction of sp³-hybridized carbons (Fsp3) is 0.472. The first kappa shape index (κ1) is 40.0. The van der Waals surface area contributed by atoms with E-state index in [0.29, 0.717) is 35.4 Å². The van der Waals surface area contributed by atoms with E-state index in [2.05, 4.69) is 62.3 Å². The van der Waals surface area contributed by atoms with Crippen LogP contribution in [0, 0.1) is 17.8 Å². The molecule has 290 valence electrons. The third-order valence-electron chi connectivity index (χ3n) is 9.50. The quantitative estimate of drug-likeness (QED) is 0.118. The van der Waals surface area contributed by atoms with Gasteiger partial charge in [-0.1, -0.05) is 50.9 Å². The third-order valence-corrected chi connectivity index (χ3v) is 9.75. The molecule has 3 aromatic rings. The summed E-state index contributed by atoms with van der Waals surface area (Å²) in [7, 11) is 0. The Morgan fingerprint density at radius 2 is 1.63 bits per heavy atom. The largest absolute Gasteiger partial charge is 0.480 e. The summed E-state index contributed by atoms with van der Waals surface area (Å²) in [6.45, 7) is 4.05. The van der Waals surface area contributed by atoms with Crippen LogP contribution in [0.25, 0.3) is 0 Å². The van der Waals surface area contributed by atoms with E-state index < -0.39 is 60.6 Å². The molecule has 4 atom stereocenters. The molecule has 2 saturated carbocycles. The number of carbonyl (C=O) groups is 4. The lowest BCUT2D eigenvalue weighted by Gasteiger charge is -2.37. The number of hydrogen-bond donors (Lipinski definition) is 6. The van der Waals surface area contributed by atoms with Crippen LogP contribution < -0.4 is 31.3 Å². The molecule has 1 aromatic heterocycles. The predicted molar refractivity (Wildman–Crippen MR) is 192 cm³/mol. The van der Waals surface area contributed by atoms with Gasteiger partial charge >= 0.3 is 30.0 Å². The van der Waals surface area contributed by atoms with Crippen LogP contribution in [0.5, 0.6) is 6.01 Å². The molecule has 0 aliphatic heterocycles. The standard InChI is InChI=1S/C36H42ClF3N8O6/c1-19(2)25-13-4-20(3)16-26(25)43-30(51)29(50)41-17-27(31(52)53)44-28(49)21-5-11-24(12-6-21)42-32-45-33(47-34(46-32)54-18-36(38,39)40)48-35(14-15-35)22-7-9-23(37)10-8-22/h5-12,19-20,25-27H,4,13-18H2,1-3H3,(H,41,50)(H,43,51)(H,44,49)(H,52,53)(H2,42,45,46,47,48)/t20-,25+,26-,27+/m1/s1.